The lowest BCUT2D eigenvalue weighted by Crippen LogP contribution is -2.29. The minimum absolute atomic E-state index is 0.198. The minimum Gasteiger partial charge on any atom is -0.295 e. The highest BCUT2D eigenvalue weighted by Gasteiger charge is 2.29. The smallest absolute Gasteiger partial charge is 0.275 e. The molecule has 3 N–H and O–H groups in total. The topological polar surface area (TPSA) is 58.4 Å². The number of nitrogens with zero attached hydrogens (tertiary/aromatic N) is 1. The van der Waals surface area contributed by atoms with Gasteiger partial charge >= 0.3 is 0 Å². The Labute approximate surface area is 118 Å². The van der Waals surface area contributed by atoms with Crippen molar-refractivity contribution < 1.29 is 4.79 Å². The van der Waals surface area contributed by atoms with E-state index in [1.807, 2.05) is 12.1 Å². The summed E-state index contributed by atoms with van der Waals surface area (Å²) in [5.74, 6) is 5.69. The third-order valence-electron chi connectivity index (χ3n) is 3.43. The van der Waals surface area contributed by atoms with Crippen molar-refractivity contribution in [3.05, 3.63) is 21.9 Å². The van der Waals surface area contributed by atoms with Crippen LogP contribution in [0.5, 0.6) is 0 Å². The van der Waals surface area contributed by atoms with Crippen molar-refractivity contribution in [3.63, 3.8) is 0 Å². The van der Waals surface area contributed by atoms with E-state index in [4.69, 9.17) is 5.84 Å². The number of hydrazine groups is 1. The third kappa shape index (κ3) is 4.30. The van der Waals surface area contributed by atoms with Gasteiger partial charge in [0.05, 0.1) is 4.88 Å². The summed E-state index contributed by atoms with van der Waals surface area (Å²) in [6, 6.07) is 4.66. The number of hydrogen-bond acceptors (Lipinski definition) is 4. The molecule has 1 saturated carbocycles. The summed E-state index contributed by atoms with van der Waals surface area (Å²) in [5, 5.41) is 0. The number of carbonyl (C=O) groups excluding carboxylic acids is 1. The molecule has 5 heteroatoms. The zero-order valence-electron chi connectivity index (χ0n) is 11.7. The van der Waals surface area contributed by atoms with Gasteiger partial charge in [0.15, 0.2) is 0 Å². The molecule has 0 atom stereocenters. The lowest BCUT2D eigenvalue weighted by molar-refractivity contribution is 0.0957. The van der Waals surface area contributed by atoms with Crippen LogP contribution in [0.2, 0.25) is 0 Å². The number of thiophene rings is 1. The van der Waals surface area contributed by atoms with Crippen molar-refractivity contribution in [2.24, 2.45) is 11.8 Å². The Morgan fingerprint density at radius 3 is 2.84 bits per heavy atom. The lowest BCUT2D eigenvalue weighted by Gasteiger charge is -2.22. The Morgan fingerprint density at radius 1 is 1.53 bits per heavy atom. The van der Waals surface area contributed by atoms with Gasteiger partial charge < -0.3 is 0 Å². The summed E-state index contributed by atoms with van der Waals surface area (Å²) >= 11 is 1.54. The standard InChI is InChI=1S/C14H23N3OS/c1-10(2)7-8-17(11-3-4-11)9-12-5-6-13(19-12)14(18)16-15/h5-6,10-11H,3-4,7-9,15H2,1-2H3,(H,16,18). The molecule has 1 amide bonds. The van der Waals surface area contributed by atoms with Gasteiger partial charge in [0.2, 0.25) is 0 Å². The first-order valence-electron chi connectivity index (χ1n) is 6.94. The quantitative estimate of drug-likeness (QED) is 0.458. The predicted molar refractivity (Wildman–Crippen MR) is 78.9 cm³/mol. The number of carbonyl (C=O) groups is 1. The van der Waals surface area contributed by atoms with Gasteiger partial charge in [0, 0.05) is 17.5 Å². The monoisotopic (exact) mass is 281 g/mol. The predicted octanol–water partition coefficient (Wildman–Crippen LogP) is 2.36. The number of hydrogen-bond donors (Lipinski definition) is 2. The first kappa shape index (κ1) is 14.5. The van der Waals surface area contributed by atoms with Crippen LogP contribution < -0.4 is 11.3 Å². The molecular formula is C14H23N3OS. The number of rotatable bonds is 7. The normalized spacial score (nSPS) is 15.2. The Morgan fingerprint density at radius 2 is 2.26 bits per heavy atom. The Bertz CT molecular complexity index is 426. The van der Waals surface area contributed by atoms with E-state index in [1.165, 1.54) is 35.5 Å². The van der Waals surface area contributed by atoms with Gasteiger partial charge in [0.25, 0.3) is 5.91 Å². The van der Waals surface area contributed by atoms with E-state index in [2.05, 4.69) is 24.2 Å². The molecule has 0 bridgehead atoms. The van der Waals surface area contributed by atoms with Crippen molar-refractivity contribution in [1.82, 2.24) is 10.3 Å². The molecular weight excluding hydrogens is 258 g/mol. The molecule has 0 radical (unpaired) electrons. The molecule has 1 aromatic rings. The largest absolute Gasteiger partial charge is 0.295 e. The second-order valence-electron chi connectivity index (χ2n) is 5.62. The molecule has 2 rings (SSSR count). The summed E-state index contributed by atoms with van der Waals surface area (Å²) < 4.78 is 0. The van der Waals surface area contributed by atoms with Gasteiger partial charge in [-0.15, -0.1) is 11.3 Å². The number of nitrogen functional groups attached to an aromatic ring is 1. The maximum Gasteiger partial charge on any atom is 0.275 e. The van der Waals surface area contributed by atoms with Crippen LogP contribution in [0.15, 0.2) is 12.1 Å². The fourth-order valence-corrected chi connectivity index (χ4v) is 3.05. The van der Waals surface area contributed by atoms with Crippen LogP contribution in [0.1, 0.15) is 47.7 Å². The zero-order valence-corrected chi connectivity index (χ0v) is 12.5. The van der Waals surface area contributed by atoms with Crippen LogP contribution in [0, 0.1) is 5.92 Å². The SMILES string of the molecule is CC(C)CCN(Cc1ccc(C(=O)NN)s1)C1CC1. The lowest BCUT2D eigenvalue weighted by atomic mass is 10.1. The van der Waals surface area contributed by atoms with Gasteiger partial charge in [-0.05, 0) is 43.9 Å². The van der Waals surface area contributed by atoms with E-state index < -0.39 is 0 Å². The summed E-state index contributed by atoms with van der Waals surface area (Å²) in [6.45, 7) is 6.64. The molecule has 1 aliphatic rings. The molecule has 0 aliphatic heterocycles. The van der Waals surface area contributed by atoms with Gasteiger partial charge in [-0.25, -0.2) is 5.84 Å². The minimum atomic E-state index is -0.198. The van der Waals surface area contributed by atoms with E-state index >= 15 is 0 Å². The molecule has 0 spiro atoms. The third-order valence-corrected chi connectivity index (χ3v) is 4.50. The molecule has 106 valence electrons. The van der Waals surface area contributed by atoms with Crippen molar-refractivity contribution in [2.75, 3.05) is 6.54 Å². The average molecular weight is 281 g/mol. The number of nitrogens with two attached hydrogens (primary N) is 1. The Kier molecular flexibility index (Phi) is 4.96. The van der Waals surface area contributed by atoms with Crippen molar-refractivity contribution in [3.8, 4) is 0 Å². The van der Waals surface area contributed by atoms with Crippen LogP contribution >= 0.6 is 11.3 Å². The summed E-state index contributed by atoms with van der Waals surface area (Å²) in [5.41, 5.74) is 2.18. The summed E-state index contributed by atoms with van der Waals surface area (Å²) in [7, 11) is 0. The summed E-state index contributed by atoms with van der Waals surface area (Å²) in [6.07, 6.45) is 3.87. The van der Waals surface area contributed by atoms with E-state index in [-0.39, 0.29) is 5.91 Å². The fraction of sp³-hybridized carbons (Fsp3) is 0.643. The second-order valence-corrected chi connectivity index (χ2v) is 6.79. The van der Waals surface area contributed by atoms with Crippen LogP contribution in [-0.2, 0) is 6.54 Å². The molecule has 0 unspecified atom stereocenters. The summed E-state index contributed by atoms with van der Waals surface area (Å²) in [4.78, 5) is 15.9. The van der Waals surface area contributed by atoms with E-state index in [9.17, 15) is 4.79 Å². The van der Waals surface area contributed by atoms with E-state index in [0.717, 1.165) is 25.0 Å². The van der Waals surface area contributed by atoms with Gasteiger partial charge in [0.1, 0.15) is 0 Å². The average Bonchev–Trinajstić information content (AvgIpc) is 3.13. The first-order chi connectivity index (χ1) is 9.10. The molecule has 1 aromatic heterocycles. The van der Waals surface area contributed by atoms with Gasteiger partial charge in [-0.2, -0.15) is 0 Å². The maximum absolute atomic E-state index is 11.4. The van der Waals surface area contributed by atoms with E-state index in [1.54, 1.807) is 0 Å². The van der Waals surface area contributed by atoms with Gasteiger partial charge in [-0.1, -0.05) is 13.8 Å². The van der Waals surface area contributed by atoms with Crippen molar-refractivity contribution in [1.29, 1.82) is 0 Å². The highest BCUT2D eigenvalue weighted by atomic mass is 32.1. The Hall–Kier alpha value is -0.910. The molecule has 1 aliphatic carbocycles. The zero-order chi connectivity index (χ0) is 13.8. The molecule has 1 fully saturated rings. The highest BCUT2D eigenvalue weighted by molar-refractivity contribution is 7.14. The fourth-order valence-electron chi connectivity index (χ4n) is 2.11. The molecule has 1 heterocycles. The Balaban J connectivity index is 1.93. The number of amides is 1. The second kappa shape index (κ2) is 6.50. The van der Waals surface area contributed by atoms with Crippen LogP contribution in [0.4, 0.5) is 0 Å². The molecule has 19 heavy (non-hydrogen) atoms. The molecule has 0 saturated heterocycles. The molecule has 4 nitrogen and oxygen atoms in total. The molecule has 0 aromatic carbocycles. The van der Waals surface area contributed by atoms with Gasteiger partial charge in [-0.3, -0.25) is 15.1 Å². The highest BCUT2D eigenvalue weighted by Crippen LogP contribution is 2.30. The van der Waals surface area contributed by atoms with Crippen LogP contribution in [0.3, 0.4) is 0 Å². The van der Waals surface area contributed by atoms with Crippen LogP contribution in [-0.4, -0.2) is 23.4 Å². The van der Waals surface area contributed by atoms with E-state index in [0.29, 0.717) is 4.88 Å². The van der Waals surface area contributed by atoms with Crippen molar-refractivity contribution >= 4 is 17.2 Å². The van der Waals surface area contributed by atoms with Crippen LogP contribution in [0.25, 0.3) is 0 Å². The number of nitrogens with one attached hydrogen (secondary N) is 1. The first-order valence-corrected chi connectivity index (χ1v) is 7.75. The van der Waals surface area contributed by atoms with Crippen molar-refractivity contribution in [2.45, 2.75) is 45.7 Å². The maximum atomic E-state index is 11.4.